The lowest BCUT2D eigenvalue weighted by Crippen LogP contribution is -2.58. The zero-order chi connectivity index (χ0) is 18.0. The summed E-state index contributed by atoms with van der Waals surface area (Å²) < 4.78 is 0. The number of carboxylic acids is 1. The van der Waals surface area contributed by atoms with Crippen molar-refractivity contribution in [1.29, 1.82) is 0 Å². The number of fused-ring (bicyclic) bond motifs is 1. The van der Waals surface area contributed by atoms with Gasteiger partial charge < -0.3 is 15.3 Å². The standard InChI is InChI=1S/C18H28N2O4/c1-17(2,3)13(19-14(21)9-6-7-9)15(22)20-8-10-11(18(10,4)5)12(20)16(23)24/h9-13H,6-8H2,1-5H3,(H,19,21)(H,23,24)/t10-,11-,12-,13+/m0/s1. The van der Waals surface area contributed by atoms with Crippen LogP contribution in [0.15, 0.2) is 0 Å². The van der Waals surface area contributed by atoms with Crippen LogP contribution in [0.2, 0.25) is 0 Å². The first-order valence-electron chi connectivity index (χ1n) is 8.80. The summed E-state index contributed by atoms with van der Waals surface area (Å²) in [5.74, 6) is -1.01. The number of amides is 2. The Morgan fingerprint density at radius 2 is 1.79 bits per heavy atom. The number of carbonyl (C=O) groups is 3. The number of likely N-dealkylation sites (tertiary alicyclic amines) is 1. The van der Waals surface area contributed by atoms with Gasteiger partial charge in [0.05, 0.1) is 0 Å². The lowest BCUT2D eigenvalue weighted by molar-refractivity contribution is -0.152. The summed E-state index contributed by atoms with van der Waals surface area (Å²) in [5, 5.41) is 12.5. The maximum absolute atomic E-state index is 13.1. The van der Waals surface area contributed by atoms with Gasteiger partial charge in [-0.1, -0.05) is 34.6 Å². The van der Waals surface area contributed by atoms with Gasteiger partial charge >= 0.3 is 5.97 Å². The van der Waals surface area contributed by atoms with Crippen LogP contribution in [0.25, 0.3) is 0 Å². The Labute approximate surface area is 143 Å². The molecule has 3 rings (SSSR count). The van der Waals surface area contributed by atoms with Crippen LogP contribution < -0.4 is 5.32 Å². The molecule has 0 aromatic heterocycles. The predicted molar refractivity (Wildman–Crippen MR) is 88.0 cm³/mol. The van der Waals surface area contributed by atoms with E-state index in [1.54, 1.807) is 0 Å². The summed E-state index contributed by atoms with van der Waals surface area (Å²) >= 11 is 0. The van der Waals surface area contributed by atoms with Crippen LogP contribution in [0.3, 0.4) is 0 Å². The molecule has 6 nitrogen and oxygen atoms in total. The van der Waals surface area contributed by atoms with Crippen molar-refractivity contribution < 1.29 is 19.5 Å². The number of hydrogen-bond donors (Lipinski definition) is 2. The molecule has 2 saturated carbocycles. The summed E-state index contributed by atoms with van der Waals surface area (Å²) in [4.78, 5) is 38.6. The van der Waals surface area contributed by atoms with Gasteiger partial charge in [0.25, 0.3) is 0 Å². The van der Waals surface area contributed by atoms with E-state index < -0.39 is 23.5 Å². The van der Waals surface area contributed by atoms with Crippen molar-refractivity contribution in [3.05, 3.63) is 0 Å². The number of carboxylic acid groups (broad SMARTS) is 1. The summed E-state index contributed by atoms with van der Waals surface area (Å²) in [6.45, 7) is 10.3. The normalized spacial score (nSPS) is 32.0. The van der Waals surface area contributed by atoms with Crippen molar-refractivity contribution in [2.45, 2.75) is 59.5 Å². The summed E-state index contributed by atoms with van der Waals surface area (Å²) in [5.41, 5.74) is -0.485. The molecule has 4 atom stereocenters. The van der Waals surface area contributed by atoms with Crippen molar-refractivity contribution in [2.24, 2.45) is 28.6 Å². The Kier molecular flexibility index (Phi) is 3.74. The Balaban J connectivity index is 1.79. The maximum Gasteiger partial charge on any atom is 0.326 e. The number of nitrogens with zero attached hydrogens (tertiary/aromatic N) is 1. The molecule has 1 aliphatic heterocycles. The summed E-state index contributed by atoms with van der Waals surface area (Å²) in [6, 6.07) is -1.46. The molecule has 0 bridgehead atoms. The van der Waals surface area contributed by atoms with Crippen LogP contribution in [0.5, 0.6) is 0 Å². The molecular formula is C18H28N2O4. The molecule has 134 valence electrons. The number of aliphatic carboxylic acids is 1. The van der Waals surface area contributed by atoms with Gasteiger partial charge in [-0.3, -0.25) is 9.59 Å². The fraction of sp³-hybridized carbons (Fsp3) is 0.833. The highest BCUT2D eigenvalue weighted by Crippen LogP contribution is 2.65. The van der Waals surface area contributed by atoms with E-state index in [-0.39, 0.29) is 35.0 Å². The first kappa shape index (κ1) is 17.2. The van der Waals surface area contributed by atoms with Crippen molar-refractivity contribution >= 4 is 17.8 Å². The minimum Gasteiger partial charge on any atom is -0.480 e. The van der Waals surface area contributed by atoms with Crippen molar-refractivity contribution in [3.8, 4) is 0 Å². The van der Waals surface area contributed by atoms with Gasteiger partial charge in [-0.15, -0.1) is 0 Å². The topological polar surface area (TPSA) is 86.7 Å². The second-order valence-corrected chi connectivity index (χ2v) is 9.31. The quantitative estimate of drug-likeness (QED) is 0.814. The van der Waals surface area contributed by atoms with Gasteiger partial charge in [0.2, 0.25) is 11.8 Å². The number of nitrogens with one attached hydrogen (secondary N) is 1. The van der Waals surface area contributed by atoms with Crippen LogP contribution in [-0.2, 0) is 14.4 Å². The molecule has 0 aromatic rings. The number of hydrogen-bond acceptors (Lipinski definition) is 3. The van der Waals surface area contributed by atoms with E-state index >= 15 is 0 Å². The lowest BCUT2D eigenvalue weighted by Gasteiger charge is -2.36. The van der Waals surface area contributed by atoms with Gasteiger partial charge in [0.1, 0.15) is 12.1 Å². The zero-order valence-corrected chi connectivity index (χ0v) is 15.1. The van der Waals surface area contributed by atoms with Crippen molar-refractivity contribution in [2.75, 3.05) is 6.54 Å². The first-order valence-corrected chi connectivity index (χ1v) is 8.80. The molecule has 0 aromatic carbocycles. The van der Waals surface area contributed by atoms with Gasteiger partial charge in [-0.2, -0.15) is 0 Å². The Morgan fingerprint density at radius 1 is 1.21 bits per heavy atom. The van der Waals surface area contributed by atoms with Crippen molar-refractivity contribution in [3.63, 3.8) is 0 Å². The van der Waals surface area contributed by atoms with E-state index in [1.165, 1.54) is 4.90 Å². The van der Waals surface area contributed by atoms with Crippen LogP contribution >= 0.6 is 0 Å². The second kappa shape index (κ2) is 5.20. The minimum absolute atomic E-state index is 0.0127. The molecule has 1 saturated heterocycles. The fourth-order valence-electron chi connectivity index (χ4n) is 4.22. The smallest absolute Gasteiger partial charge is 0.326 e. The van der Waals surface area contributed by atoms with E-state index in [9.17, 15) is 19.5 Å². The molecule has 2 N–H and O–H groups in total. The molecule has 6 heteroatoms. The largest absolute Gasteiger partial charge is 0.480 e. The third-order valence-corrected chi connectivity index (χ3v) is 6.09. The van der Waals surface area contributed by atoms with E-state index in [2.05, 4.69) is 19.2 Å². The second-order valence-electron chi connectivity index (χ2n) is 9.31. The molecule has 0 unspecified atom stereocenters. The van der Waals surface area contributed by atoms with E-state index in [1.807, 2.05) is 20.8 Å². The van der Waals surface area contributed by atoms with Gasteiger partial charge in [0.15, 0.2) is 0 Å². The average Bonchev–Trinajstić information content (AvgIpc) is 3.31. The molecule has 2 amide bonds. The van der Waals surface area contributed by atoms with Crippen LogP contribution in [0, 0.1) is 28.6 Å². The Morgan fingerprint density at radius 3 is 2.25 bits per heavy atom. The van der Waals surface area contributed by atoms with E-state index in [0.29, 0.717) is 6.54 Å². The average molecular weight is 336 g/mol. The molecule has 0 radical (unpaired) electrons. The van der Waals surface area contributed by atoms with Gasteiger partial charge in [0, 0.05) is 18.4 Å². The molecule has 0 spiro atoms. The lowest BCUT2D eigenvalue weighted by atomic mass is 9.85. The maximum atomic E-state index is 13.1. The van der Waals surface area contributed by atoms with E-state index in [4.69, 9.17) is 0 Å². The summed E-state index contributed by atoms with van der Waals surface area (Å²) in [6.07, 6.45) is 1.74. The Bertz CT molecular complexity index is 588. The molecule has 24 heavy (non-hydrogen) atoms. The predicted octanol–water partition coefficient (Wildman–Crippen LogP) is 1.49. The van der Waals surface area contributed by atoms with E-state index in [0.717, 1.165) is 12.8 Å². The minimum atomic E-state index is -0.942. The highest BCUT2D eigenvalue weighted by molar-refractivity contribution is 5.93. The fourth-order valence-corrected chi connectivity index (χ4v) is 4.22. The Hall–Kier alpha value is -1.59. The van der Waals surface area contributed by atoms with Gasteiger partial charge in [-0.05, 0) is 29.6 Å². The zero-order valence-electron chi connectivity index (χ0n) is 15.1. The third-order valence-electron chi connectivity index (χ3n) is 6.09. The monoisotopic (exact) mass is 336 g/mol. The number of piperidine rings is 1. The highest BCUT2D eigenvalue weighted by Gasteiger charge is 2.70. The molecule has 1 heterocycles. The number of carbonyl (C=O) groups excluding carboxylic acids is 2. The molecular weight excluding hydrogens is 308 g/mol. The van der Waals surface area contributed by atoms with Crippen LogP contribution in [0.1, 0.15) is 47.5 Å². The molecule has 3 aliphatic rings. The molecule has 2 aliphatic carbocycles. The van der Waals surface area contributed by atoms with Crippen LogP contribution in [0.4, 0.5) is 0 Å². The summed E-state index contributed by atoms with van der Waals surface area (Å²) in [7, 11) is 0. The highest BCUT2D eigenvalue weighted by atomic mass is 16.4. The van der Waals surface area contributed by atoms with Gasteiger partial charge in [-0.25, -0.2) is 4.79 Å². The van der Waals surface area contributed by atoms with Crippen LogP contribution in [-0.4, -0.2) is 46.4 Å². The number of rotatable bonds is 4. The SMILES string of the molecule is CC(C)(C)[C@H](NC(=O)C1CC1)C(=O)N1C[C@H]2[C@@H]([C@H]1C(=O)O)C2(C)C. The van der Waals surface area contributed by atoms with Crippen molar-refractivity contribution in [1.82, 2.24) is 10.2 Å². The third kappa shape index (κ3) is 2.70. The molecule has 3 fully saturated rings. The first-order chi connectivity index (χ1) is 11.0.